The lowest BCUT2D eigenvalue weighted by Gasteiger charge is -2.18. The van der Waals surface area contributed by atoms with Crippen LogP contribution >= 0.6 is 0 Å². The third-order valence-corrected chi connectivity index (χ3v) is 8.25. The van der Waals surface area contributed by atoms with Crippen LogP contribution in [0.3, 0.4) is 0 Å². The summed E-state index contributed by atoms with van der Waals surface area (Å²) in [5, 5.41) is 5.58. The molecule has 0 aliphatic rings. The molecule has 202 valence electrons. The van der Waals surface area contributed by atoms with Crippen LogP contribution in [0.1, 0.15) is 62.0 Å². The third-order valence-electron chi connectivity index (χ3n) is 8.25. The number of benzene rings is 4. The van der Waals surface area contributed by atoms with Gasteiger partial charge in [-0.2, -0.15) is 0 Å². The van der Waals surface area contributed by atoms with Crippen molar-refractivity contribution in [3.63, 3.8) is 0 Å². The lowest BCUT2D eigenvalue weighted by Crippen LogP contribution is -2.00. The Hall–Kier alpha value is -4.57. The molecule has 3 aromatic heterocycles. The Kier molecular flexibility index (Phi) is 5.90. The maximum atomic E-state index is 6.59. The summed E-state index contributed by atoms with van der Waals surface area (Å²) < 4.78 is 6.59. The van der Waals surface area contributed by atoms with E-state index in [1.54, 1.807) is 0 Å². The smallest absolute Gasteiger partial charge is 0.227 e. The van der Waals surface area contributed by atoms with Gasteiger partial charge >= 0.3 is 0 Å². The highest BCUT2D eigenvalue weighted by atomic mass is 16.3. The highest BCUT2D eigenvalue weighted by Gasteiger charge is 2.21. The molecule has 4 heteroatoms. The van der Waals surface area contributed by atoms with Gasteiger partial charge in [-0.25, -0.2) is 15.0 Å². The average molecular weight is 536 g/mol. The number of rotatable bonds is 4. The Morgan fingerprint density at radius 2 is 1.46 bits per heavy atom. The molecule has 0 fully saturated rings. The quantitative estimate of drug-likeness (QED) is 0.210. The molecule has 0 aliphatic heterocycles. The molecule has 0 unspecified atom stereocenters. The summed E-state index contributed by atoms with van der Waals surface area (Å²) in [7, 11) is 0. The second kappa shape index (κ2) is 9.52. The lowest BCUT2D eigenvalue weighted by atomic mass is 9.88. The Bertz CT molecular complexity index is 2120. The summed E-state index contributed by atoms with van der Waals surface area (Å²) in [6.45, 7) is 13.2. The number of aromatic nitrogens is 3. The molecular weight excluding hydrogens is 502 g/mol. The molecule has 0 bridgehead atoms. The van der Waals surface area contributed by atoms with Gasteiger partial charge in [-0.3, -0.25) is 0 Å². The van der Waals surface area contributed by atoms with Crippen molar-refractivity contribution >= 4 is 43.7 Å². The van der Waals surface area contributed by atoms with Gasteiger partial charge in [0.1, 0.15) is 11.4 Å². The second-order valence-electron chi connectivity index (χ2n) is 11.8. The molecule has 0 aliphatic carbocycles. The van der Waals surface area contributed by atoms with Crippen molar-refractivity contribution in [2.45, 2.75) is 53.4 Å². The van der Waals surface area contributed by atoms with Crippen LogP contribution in [0.2, 0.25) is 0 Å². The molecule has 0 saturated heterocycles. The van der Waals surface area contributed by atoms with Crippen LogP contribution in [-0.2, 0) is 0 Å². The number of fused-ring (bicyclic) bond motifs is 6. The van der Waals surface area contributed by atoms with E-state index in [2.05, 4.69) is 95.3 Å². The van der Waals surface area contributed by atoms with Crippen LogP contribution in [0.5, 0.6) is 0 Å². The first-order chi connectivity index (χ1) is 19.8. The van der Waals surface area contributed by atoms with E-state index in [1.807, 2.05) is 25.1 Å². The Morgan fingerprint density at radius 1 is 0.683 bits per heavy atom. The van der Waals surface area contributed by atoms with Crippen LogP contribution in [0.4, 0.5) is 0 Å². The van der Waals surface area contributed by atoms with E-state index in [4.69, 9.17) is 19.4 Å². The van der Waals surface area contributed by atoms with Gasteiger partial charge in [0.25, 0.3) is 0 Å². The standard InChI is InChI=1S/C37H33N3O/c1-20(2)26-18-25-13-15-28-34(38-23(6)39-35(28)33(25)30(19-26)21(3)4)29-14-12-22(5)32-27-16-17-31(24-10-8-7-9-11-24)40-37(27)41-36(29)32/h7-21H,1-6H3. The first-order valence-electron chi connectivity index (χ1n) is 14.4. The molecule has 0 radical (unpaired) electrons. The van der Waals surface area contributed by atoms with Gasteiger partial charge in [-0.05, 0) is 72.0 Å². The summed E-state index contributed by atoms with van der Waals surface area (Å²) >= 11 is 0. The van der Waals surface area contributed by atoms with Gasteiger partial charge in [-0.1, -0.05) is 82.3 Å². The number of hydrogen-bond acceptors (Lipinski definition) is 4. The maximum Gasteiger partial charge on any atom is 0.227 e. The molecule has 7 rings (SSSR count). The van der Waals surface area contributed by atoms with Gasteiger partial charge in [0.05, 0.1) is 16.9 Å². The van der Waals surface area contributed by atoms with Gasteiger partial charge in [0, 0.05) is 32.7 Å². The minimum atomic E-state index is 0.367. The highest BCUT2D eigenvalue weighted by molar-refractivity contribution is 6.15. The third kappa shape index (κ3) is 4.09. The summed E-state index contributed by atoms with van der Waals surface area (Å²) in [5.74, 6) is 1.57. The minimum Gasteiger partial charge on any atom is -0.437 e. The average Bonchev–Trinajstić information content (AvgIpc) is 3.36. The van der Waals surface area contributed by atoms with Crippen LogP contribution < -0.4 is 0 Å². The SMILES string of the molecule is Cc1nc(-c2ccc(C)c3c2oc2nc(-c4ccccc4)ccc23)c2ccc3cc(C(C)C)cc(C(C)C)c3c2n1. The molecule has 0 amide bonds. The van der Waals surface area contributed by atoms with E-state index in [-0.39, 0.29) is 0 Å². The Labute approximate surface area is 240 Å². The van der Waals surface area contributed by atoms with Crippen molar-refractivity contribution in [3.8, 4) is 22.5 Å². The van der Waals surface area contributed by atoms with Crippen molar-refractivity contribution in [2.75, 3.05) is 0 Å². The van der Waals surface area contributed by atoms with E-state index < -0.39 is 0 Å². The predicted octanol–water partition coefficient (Wildman–Crippen LogP) is 10.3. The van der Waals surface area contributed by atoms with Crippen molar-refractivity contribution < 1.29 is 4.42 Å². The minimum absolute atomic E-state index is 0.367. The molecule has 7 aromatic rings. The largest absolute Gasteiger partial charge is 0.437 e. The second-order valence-corrected chi connectivity index (χ2v) is 11.8. The van der Waals surface area contributed by atoms with E-state index in [0.717, 1.165) is 61.2 Å². The molecule has 41 heavy (non-hydrogen) atoms. The molecule has 4 aromatic carbocycles. The van der Waals surface area contributed by atoms with Gasteiger partial charge < -0.3 is 4.42 Å². The van der Waals surface area contributed by atoms with Crippen LogP contribution in [-0.4, -0.2) is 15.0 Å². The van der Waals surface area contributed by atoms with Gasteiger partial charge in [-0.15, -0.1) is 0 Å². The molecular formula is C37H33N3O. The van der Waals surface area contributed by atoms with E-state index in [9.17, 15) is 0 Å². The molecule has 3 heterocycles. The number of hydrogen-bond donors (Lipinski definition) is 0. The summed E-state index contributed by atoms with van der Waals surface area (Å²) in [5.41, 5.74) is 10.1. The van der Waals surface area contributed by atoms with Crippen LogP contribution in [0, 0.1) is 13.8 Å². The van der Waals surface area contributed by atoms with E-state index in [1.165, 1.54) is 21.9 Å². The number of aryl methyl sites for hydroxylation is 2. The van der Waals surface area contributed by atoms with Crippen molar-refractivity contribution in [1.82, 2.24) is 15.0 Å². The zero-order valence-corrected chi connectivity index (χ0v) is 24.4. The monoisotopic (exact) mass is 535 g/mol. The zero-order chi connectivity index (χ0) is 28.4. The van der Waals surface area contributed by atoms with Gasteiger partial charge in [0.15, 0.2) is 0 Å². The van der Waals surface area contributed by atoms with Crippen molar-refractivity contribution in [3.05, 3.63) is 101 Å². The first-order valence-corrected chi connectivity index (χ1v) is 14.4. The zero-order valence-electron chi connectivity index (χ0n) is 24.4. The molecule has 0 spiro atoms. The van der Waals surface area contributed by atoms with Crippen molar-refractivity contribution in [2.24, 2.45) is 0 Å². The summed E-state index contributed by atoms with van der Waals surface area (Å²) in [6, 6.07) is 27.8. The fraction of sp³-hybridized carbons (Fsp3) is 0.216. The van der Waals surface area contributed by atoms with Crippen LogP contribution in [0.25, 0.3) is 66.3 Å². The number of furan rings is 1. The normalized spacial score (nSPS) is 12.1. The van der Waals surface area contributed by atoms with Crippen LogP contribution in [0.15, 0.2) is 83.3 Å². The molecule has 0 N–H and O–H groups in total. The fourth-order valence-corrected chi connectivity index (χ4v) is 6.10. The summed E-state index contributed by atoms with van der Waals surface area (Å²) in [4.78, 5) is 15.0. The van der Waals surface area contributed by atoms with Crippen molar-refractivity contribution in [1.29, 1.82) is 0 Å². The Morgan fingerprint density at radius 3 is 2.22 bits per heavy atom. The highest BCUT2D eigenvalue weighted by Crippen LogP contribution is 2.41. The molecule has 0 saturated carbocycles. The predicted molar refractivity (Wildman–Crippen MR) is 171 cm³/mol. The molecule has 4 nitrogen and oxygen atoms in total. The first kappa shape index (κ1) is 25.4. The number of nitrogens with zero attached hydrogens (tertiary/aromatic N) is 3. The van der Waals surface area contributed by atoms with E-state index >= 15 is 0 Å². The maximum absolute atomic E-state index is 6.59. The number of pyridine rings is 1. The van der Waals surface area contributed by atoms with Gasteiger partial charge in [0.2, 0.25) is 5.71 Å². The lowest BCUT2D eigenvalue weighted by molar-refractivity contribution is 0.655. The topological polar surface area (TPSA) is 51.8 Å². The molecule has 0 atom stereocenters. The Balaban J connectivity index is 1.52. The fourth-order valence-electron chi connectivity index (χ4n) is 6.10. The summed E-state index contributed by atoms with van der Waals surface area (Å²) in [6.07, 6.45) is 0. The van der Waals surface area contributed by atoms with E-state index in [0.29, 0.717) is 17.5 Å².